The van der Waals surface area contributed by atoms with Gasteiger partial charge in [-0.25, -0.2) is 16.0 Å². The number of hydrogen-bond acceptors (Lipinski definition) is 3. The second-order valence-electron chi connectivity index (χ2n) is 4.88. The third-order valence-corrected chi connectivity index (χ3v) is 2.05. The quantitative estimate of drug-likeness (QED) is 0.531. The Balaban J connectivity index is 4.61. The monoisotopic (exact) mass is 241 g/mol. The van der Waals surface area contributed by atoms with E-state index in [9.17, 15) is 4.79 Å². The second kappa shape index (κ2) is 8.25. The van der Waals surface area contributed by atoms with Crippen molar-refractivity contribution >= 4 is 5.91 Å². The number of nitrogens with one attached hydrogen (secondary N) is 2. The van der Waals surface area contributed by atoms with Gasteiger partial charge in [0.2, 0.25) is 0 Å². The zero-order valence-electron chi connectivity index (χ0n) is 12.0. The molecule has 0 bridgehead atoms. The van der Waals surface area contributed by atoms with Crippen molar-refractivity contribution in [2.75, 3.05) is 0 Å². The third-order valence-electron chi connectivity index (χ3n) is 2.05. The molecule has 0 aromatic rings. The van der Waals surface area contributed by atoms with Gasteiger partial charge in [0.1, 0.15) is 0 Å². The minimum Gasteiger partial charge on any atom is -0.267 e. The highest BCUT2D eigenvalue weighted by atomic mass is 16.2. The summed E-state index contributed by atoms with van der Waals surface area (Å²) in [5, 5.41) is 1.50. The molecule has 0 fully saturated rings. The van der Waals surface area contributed by atoms with Crippen LogP contribution in [0.3, 0.4) is 0 Å². The molecule has 4 heteroatoms. The highest BCUT2D eigenvalue weighted by Gasteiger charge is 2.16. The highest BCUT2D eigenvalue weighted by Crippen LogP contribution is 2.02. The van der Waals surface area contributed by atoms with Crippen molar-refractivity contribution in [3.63, 3.8) is 0 Å². The molecule has 2 N–H and O–H groups in total. The third kappa shape index (κ3) is 7.13. The van der Waals surface area contributed by atoms with Crippen LogP contribution in [0, 0.1) is 0 Å². The zero-order valence-corrected chi connectivity index (χ0v) is 12.0. The van der Waals surface area contributed by atoms with E-state index >= 15 is 0 Å². The summed E-state index contributed by atoms with van der Waals surface area (Å²) >= 11 is 0. The van der Waals surface area contributed by atoms with E-state index in [1.165, 1.54) is 5.12 Å². The Kier molecular flexibility index (Phi) is 7.83. The lowest BCUT2D eigenvalue weighted by Gasteiger charge is -2.28. The molecule has 0 unspecified atom stereocenters. The highest BCUT2D eigenvalue weighted by molar-refractivity contribution is 5.92. The summed E-state index contributed by atoms with van der Waals surface area (Å²) in [6.45, 7) is 12.0. The molecule has 4 nitrogen and oxygen atoms in total. The fourth-order valence-electron chi connectivity index (χ4n) is 1.30. The van der Waals surface area contributed by atoms with Crippen molar-refractivity contribution in [3.05, 3.63) is 11.6 Å². The Labute approximate surface area is 105 Å². The van der Waals surface area contributed by atoms with E-state index in [2.05, 4.69) is 17.8 Å². The SMILES string of the molecule is CCCC=C(C)C(=O)N(NC(C)C)NC(C)C. The second-order valence-corrected chi connectivity index (χ2v) is 4.88. The maximum atomic E-state index is 12.2. The van der Waals surface area contributed by atoms with Crippen molar-refractivity contribution in [2.24, 2.45) is 0 Å². The van der Waals surface area contributed by atoms with E-state index in [1.54, 1.807) is 0 Å². The molecule has 0 aromatic carbocycles. The number of amides is 1. The zero-order chi connectivity index (χ0) is 13.4. The maximum absolute atomic E-state index is 12.2. The van der Waals surface area contributed by atoms with E-state index < -0.39 is 0 Å². The van der Waals surface area contributed by atoms with Gasteiger partial charge in [0.05, 0.1) is 0 Å². The molecule has 0 aliphatic rings. The first kappa shape index (κ1) is 16.1. The number of rotatable bonds is 7. The number of hydrazine groups is 2. The van der Waals surface area contributed by atoms with Gasteiger partial charge in [0.25, 0.3) is 5.91 Å². The summed E-state index contributed by atoms with van der Waals surface area (Å²) < 4.78 is 0. The van der Waals surface area contributed by atoms with Crippen molar-refractivity contribution in [2.45, 2.75) is 66.5 Å². The summed E-state index contributed by atoms with van der Waals surface area (Å²) in [7, 11) is 0. The molecule has 17 heavy (non-hydrogen) atoms. The first-order valence-electron chi connectivity index (χ1n) is 6.42. The number of carbonyl (C=O) groups excluding carboxylic acids is 1. The molecule has 0 aliphatic carbocycles. The lowest BCUT2D eigenvalue weighted by molar-refractivity contribution is -0.135. The van der Waals surface area contributed by atoms with Crippen molar-refractivity contribution in [3.8, 4) is 0 Å². The minimum absolute atomic E-state index is 0.0131. The maximum Gasteiger partial charge on any atom is 0.278 e. The smallest absolute Gasteiger partial charge is 0.267 e. The predicted molar refractivity (Wildman–Crippen MR) is 72.1 cm³/mol. The summed E-state index contributed by atoms with van der Waals surface area (Å²) in [6, 6.07) is 0.424. The number of nitrogens with zero attached hydrogens (tertiary/aromatic N) is 1. The van der Waals surface area contributed by atoms with Crippen LogP contribution in [0.25, 0.3) is 0 Å². The van der Waals surface area contributed by atoms with Crippen molar-refractivity contribution < 1.29 is 4.79 Å². The molecule has 0 rings (SSSR count). The Hall–Kier alpha value is -0.870. The van der Waals surface area contributed by atoms with Crippen LogP contribution < -0.4 is 10.9 Å². The van der Waals surface area contributed by atoms with Gasteiger partial charge < -0.3 is 0 Å². The number of hydrogen-bond donors (Lipinski definition) is 2. The number of carbonyl (C=O) groups is 1. The largest absolute Gasteiger partial charge is 0.278 e. The van der Waals surface area contributed by atoms with Crippen LogP contribution in [0.1, 0.15) is 54.4 Å². The van der Waals surface area contributed by atoms with Gasteiger partial charge in [0, 0.05) is 17.7 Å². The van der Waals surface area contributed by atoms with Gasteiger partial charge in [-0.15, -0.1) is 0 Å². The molecule has 0 saturated heterocycles. The molecule has 0 spiro atoms. The Morgan fingerprint density at radius 1 is 1.18 bits per heavy atom. The van der Waals surface area contributed by atoms with E-state index in [0.717, 1.165) is 18.4 Å². The van der Waals surface area contributed by atoms with Crippen molar-refractivity contribution in [1.29, 1.82) is 0 Å². The van der Waals surface area contributed by atoms with Crippen molar-refractivity contribution in [1.82, 2.24) is 16.0 Å². The number of unbranched alkanes of at least 4 members (excludes halogenated alkanes) is 1. The van der Waals surface area contributed by atoms with E-state index in [4.69, 9.17) is 0 Å². The molecular formula is C13H27N3O. The van der Waals surface area contributed by atoms with Crippen LogP contribution in [0.15, 0.2) is 11.6 Å². The molecule has 0 saturated carbocycles. The summed E-state index contributed by atoms with van der Waals surface area (Å²) in [5.74, 6) is -0.0131. The van der Waals surface area contributed by atoms with Crippen LogP contribution in [0.2, 0.25) is 0 Å². The summed E-state index contributed by atoms with van der Waals surface area (Å²) in [6.07, 6.45) is 3.98. The molecular weight excluding hydrogens is 214 g/mol. The van der Waals surface area contributed by atoms with Crippen LogP contribution in [0.5, 0.6) is 0 Å². The fraction of sp³-hybridized carbons (Fsp3) is 0.769. The van der Waals surface area contributed by atoms with Crippen LogP contribution in [-0.4, -0.2) is 23.1 Å². The van der Waals surface area contributed by atoms with Gasteiger partial charge in [-0.3, -0.25) is 4.79 Å². The summed E-state index contributed by atoms with van der Waals surface area (Å²) in [4.78, 5) is 12.2. The fourth-order valence-corrected chi connectivity index (χ4v) is 1.30. The topological polar surface area (TPSA) is 44.4 Å². The Bertz CT molecular complexity index is 249. The van der Waals surface area contributed by atoms with Gasteiger partial charge in [-0.2, -0.15) is 0 Å². The first-order chi connectivity index (χ1) is 7.88. The van der Waals surface area contributed by atoms with Gasteiger partial charge in [-0.05, 0) is 41.0 Å². The first-order valence-corrected chi connectivity index (χ1v) is 6.42. The molecule has 1 amide bonds. The molecule has 0 heterocycles. The van der Waals surface area contributed by atoms with E-state index in [1.807, 2.05) is 40.7 Å². The molecule has 0 atom stereocenters. The van der Waals surface area contributed by atoms with Crippen LogP contribution in [-0.2, 0) is 4.79 Å². The van der Waals surface area contributed by atoms with Gasteiger partial charge >= 0.3 is 0 Å². The van der Waals surface area contributed by atoms with E-state index in [-0.39, 0.29) is 18.0 Å². The normalized spacial score (nSPS) is 12.4. The van der Waals surface area contributed by atoms with Crippen LogP contribution in [0.4, 0.5) is 0 Å². The summed E-state index contributed by atoms with van der Waals surface area (Å²) in [5.41, 5.74) is 6.97. The predicted octanol–water partition coefficient (Wildman–Crippen LogP) is 2.39. The van der Waals surface area contributed by atoms with Gasteiger partial charge in [-0.1, -0.05) is 19.4 Å². The molecule has 0 aromatic heterocycles. The Morgan fingerprint density at radius 2 is 1.65 bits per heavy atom. The minimum atomic E-state index is -0.0131. The standard InChI is InChI=1S/C13H27N3O/c1-7-8-9-12(6)13(17)16(14-10(2)3)15-11(4)5/h9-11,14-15H,7-8H2,1-6H3. The number of allylic oxidation sites excluding steroid dienone is 1. The average molecular weight is 241 g/mol. The van der Waals surface area contributed by atoms with Gasteiger partial charge in [0.15, 0.2) is 0 Å². The lowest BCUT2D eigenvalue weighted by atomic mass is 10.2. The average Bonchev–Trinajstić information content (AvgIpc) is 2.22. The lowest BCUT2D eigenvalue weighted by Crippen LogP contribution is -2.56. The van der Waals surface area contributed by atoms with Crippen LogP contribution >= 0.6 is 0 Å². The Morgan fingerprint density at radius 3 is 2.00 bits per heavy atom. The molecule has 100 valence electrons. The molecule has 0 aliphatic heterocycles. The van der Waals surface area contributed by atoms with E-state index in [0.29, 0.717) is 0 Å². The molecule has 0 radical (unpaired) electrons.